The van der Waals surface area contributed by atoms with E-state index in [-0.39, 0.29) is 0 Å². The van der Waals surface area contributed by atoms with E-state index in [1.165, 1.54) is 24.3 Å². The Labute approximate surface area is 127 Å². The Bertz CT molecular complexity index is 683. The second-order valence-corrected chi connectivity index (χ2v) is 4.54. The molecule has 0 aliphatic rings. The number of halogens is 5. The summed E-state index contributed by atoms with van der Waals surface area (Å²) in [4.78, 5) is 14.0. The van der Waals surface area contributed by atoms with Gasteiger partial charge in [0.25, 0.3) is 11.9 Å². The first kappa shape index (κ1) is 16.0. The van der Waals surface area contributed by atoms with E-state index < -0.39 is 41.7 Å². The smallest absolute Gasteiger partial charge is 0.253 e. The number of nitrogens with zero attached hydrogens (tertiary/aromatic N) is 1. The lowest BCUT2D eigenvalue weighted by atomic mass is 10.3. The Morgan fingerprint density at radius 2 is 1.59 bits per heavy atom. The second-order valence-electron chi connectivity index (χ2n) is 4.11. The van der Waals surface area contributed by atoms with Crippen molar-refractivity contribution in [2.75, 3.05) is 17.2 Å². The highest BCUT2D eigenvalue weighted by molar-refractivity contribution is 6.30. The topological polar surface area (TPSA) is 54.0 Å². The molecule has 0 atom stereocenters. The van der Waals surface area contributed by atoms with Gasteiger partial charge in [-0.3, -0.25) is 4.79 Å². The molecule has 116 valence electrons. The van der Waals surface area contributed by atoms with Crippen LogP contribution in [-0.4, -0.2) is 17.4 Å². The minimum atomic E-state index is -1.81. The number of hydrogen-bond acceptors (Lipinski definition) is 3. The van der Waals surface area contributed by atoms with E-state index in [1.54, 1.807) is 0 Å². The van der Waals surface area contributed by atoms with Crippen LogP contribution >= 0.6 is 11.6 Å². The van der Waals surface area contributed by atoms with Crippen LogP contribution < -0.4 is 10.6 Å². The number of rotatable bonds is 4. The van der Waals surface area contributed by atoms with Crippen LogP contribution in [0.15, 0.2) is 24.3 Å². The Hall–Kier alpha value is -2.35. The molecule has 0 aliphatic heterocycles. The molecule has 0 saturated carbocycles. The average molecular weight is 334 g/mol. The predicted octanol–water partition coefficient (Wildman–Crippen LogP) is 3.34. The maximum Gasteiger partial charge on any atom is 0.253 e. The van der Waals surface area contributed by atoms with Crippen LogP contribution in [-0.2, 0) is 4.79 Å². The summed E-state index contributed by atoms with van der Waals surface area (Å²) in [6, 6.07) is 6.06. The number of hydrogen-bond donors (Lipinski definition) is 2. The Morgan fingerprint density at radius 1 is 1.05 bits per heavy atom. The zero-order valence-electron chi connectivity index (χ0n) is 10.8. The van der Waals surface area contributed by atoms with Gasteiger partial charge in [-0.25, -0.2) is 0 Å². The van der Waals surface area contributed by atoms with Crippen LogP contribution in [0.25, 0.3) is 0 Å². The lowest BCUT2D eigenvalue weighted by molar-refractivity contribution is -0.114. The molecule has 2 aromatic rings. The molecule has 0 fully saturated rings. The van der Waals surface area contributed by atoms with Crippen LogP contribution in [0.3, 0.4) is 0 Å². The van der Waals surface area contributed by atoms with Gasteiger partial charge in [0, 0.05) is 10.7 Å². The molecule has 22 heavy (non-hydrogen) atoms. The minimum absolute atomic E-state index is 0.393. The molecule has 0 bridgehead atoms. The summed E-state index contributed by atoms with van der Waals surface area (Å²) in [5.41, 5.74) is -0.708. The lowest BCUT2D eigenvalue weighted by Gasteiger charge is -2.10. The SMILES string of the molecule is O=C(CNc1c(F)c(F)nc(F)c1F)Nc1ccc(Cl)cc1. The van der Waals surface area contributed by atoms with Crippen molar-refractivity contribution in [1.29, 1.82) is 0 Å². The Kier molecular flexibility index (Phi) is 4.81. The molecule has 0 aliphatic carbocycles. The van der Waals surface area contributed by atoms with Crippen LogP contribution in [0.1, 0.15) is 0 Å². The van der Waals surface area contributed by atoms with Crippen LogP contribution in [0.2, 0.25) is 5.02 Å². The summed E-state index contributed by atoms with van der Waals surface area (Å²) in [7, 11) is 0. The fourth-order valence-corrected chi connectivity index (χ4v) is 1.68. The second kappa shape index (κ2) is 6.61. The molecule has 9 heteroatoms. The quantitative estimate of drug-likeness (QED) is 0.666. The van der Waals surface area contributed by atoms with E-state index in [9.17, 15) is 22.4 Å². The molecule has 1 aromatic carbocycles. The van der Waals surface area contributed by atoms with Crippen molar-refractivity contribution < 1.29 is 22.4 Å². The zero-order chi connectivity index (χ0) is 16.3. The average Bonchev–Trinajstić information content (AvgIpc) is 2.47. The molecular weight excluding hydrogens is 326 g/mol. The van der Waals surface area contributed by atoms with Gasteiger partial charge in [-0.05, 0) is 24.3 Å². The van der Waals surface area contributed by atoms with Gasteiger partial charge in [0.1, 0.15) is 5.69 Å². The van der Waals surface area contributed by atoms with Gasteiger partial charge in [-0.1, -0.05) is 11.6 Å². The summed E-state index contributed by atoms with van der Waals surface area (Å²) in [6.45, 7) is -0.612. The number of anilines is 2. The third-order valence-electron chi connectivity index (χ3n) is 2.55. The molecule has 0 radical (unpaired) electrons. The Morgan fingerprint density at radius 3 is 2.14 bits per heavy atom. The lowest BCUT2D eigenvalue weighted by Crippen LogP contribution is -2.23. The van der Waals surface area contributed by atoms with E-state index in [2.05, 4.69) is 10.3 Å². The fraction of sp³-hybridized carbons (Fsp3) is 0.0769. The molecular formula is C13H8ClF4N3O. The van der Waals surface area contributed by atoms with Crippen molar-refractivity contribution in [2.24, 2.45) is 0 Å². The number of carbonyl (C=O) groups is 1. The van der Waals surface area contributed by atoms with Crippen molar-refractivity contribution in [3.63, 3.8) is 0 Å². The van der Waals surface area contributed by atoms with Gasteiger partial charge in [0.2, 0.25) is 17.5 Å². The van der Waals surface area contributed by atoms with E-state index in [0.717, 1.165) is 0 Å². The fourth-order valence-electron chi connectivity index (χ4n) is 1.55. The van der Waals surface area contributed by atoms with E-state index in [4.69, 9.17) is 11.6 Å². The van der Waals surface area contributed by atoms with Crippen LogP contribution in [0.5, 0.6) is 0 Å². The number of aromatic nitrogens is 1. The number of nitrogens with one attached hydrogen (secondary N) is 2. The summed E-state index contributed by atoms with van der Waals surface area (Å²) >= 11 is 5.67. The normalized spacial score (nSPS) is 10.4. The molecule has 2 N–H and O–H groups in total. The number of pyridine rings is 1. The Balaban J connectivity index is 2.04. The standard InChI is InChI=1S/C13H8ClF4N3O/c14-6-1-3-7(4-2-6)20-8(22)5-19-11-9(15)12(17)21-13(18)10(11)16/h1-4H,5H2,(H,19,21)(H,20,22). The van der Waals surface area contributed by atoms with E-state index in [1.807, 2.05) is 5.32 Å². The highest BCUT2D eigenvalue weighted by Crippen LogP contribution is 2.21. The first-order valence-electron chi connectivity index (χ1n) is 5.87. The highest BCUT2D eigenvalue weighted by atomic mass is 35.5. The summed E-state index contributed by atoms with van der Waals surface area (Å²) in [5, 5.41) is 4.85. The molecule has 2 rings (SSSR count). The minimum Gasteiger partial charge on any atom is -0.371 e. The maximum atomic E-state index is 13.3. The van der Waals surface area contributed by atoms with Crippen molar-refractivity contribution >= 4 is 28.9 Å². The largest absolute Gasteiger partial charge is 0.371 e. The zero-order valence-corrected chi connectivity index (χ0v) is 11.5. The molecule has 0 spiro atoms. The highest BCUT2D eigenvalue weighted by Gasteiger charge is 2.21. The third-order valence-corrected chi connectivity index (χ3v) is 2.80. The molecule has 1 heterocycles. The molecule has 1 aromatic heterocycles. The number of amides is 1. The first-order chi connectivity index (χ1) is 10.4. The monoisotopic (exact) mass is 333 g/mol. The number of benzene rings is 1. The molecule has 0 unspecified atom stereocenters. The van der Waals surface area contributed by atoms with E-state index in [0.29, 0.717) is 10.7 Å². The van der Waals surface area contributed by atoms with Crippen molar-refractivity contribution in [3.8, 4) is 0 Å². The van der Waals surface area contributed by atoms with Crippen molar-refractivity contribution in [2.45, 2.75) is 0 Å². The van der Waals surface area contributed by atoms with E-state index >= 15 is 0 Å². The predicted molar refractivity (Wildman–Crippen MR) is 72.6 cm³/mol. The van der Waals surface area contributed by atoms with Crippen LogP contribution in [0, 0.1) is 23.5 Å². The molecule has 0 saturated heterocycles. The van der Waals surface area contributed by atoms with Gasteiger partial charge in [-0.15, -0.1) is 0 Å². The van der Waals surface area contributed by atoms with Gasteiger partial charge in [0.15, 0.2) is 0 Å². The summed E-state index contributed by atoms with van der Waals surface area (Å²) in [5.74, 6) is -7.71. The summed E-state index contributed by atoms with van der Waals surface area (Å²) < 4.78 is 52.4. The third kappa shape index (κ3) is 3.64. The maximum absolute atomic E-state index is 13.3. The van der Waals surface area contributed by atoms with Crippen molar-refractivity contribution in [3.05, 3.63) is 52.8 Å². The molecule has 4 nitrogen and oxygen atoms in total. The van der Waals surface area contributed by atoms with Gasteiger partial charge in [0.05, 0.1) is 6.54 Å². The molecule has 1 amide bonds. The van der Waals surface area contributed by atoms with Gasteiger partial charge >= 0.3 is 0 Å². The number of carbonyl (C=O) groups excluding carboxylic acids is 1. The van der Waals surface area contributed by atoms with Gasteiger partial charge in [-0.2, -0.15) is 22.5 Å². The van der Waals surface area contributed by atoms with Crippen molar-refractivity contribution in [1.82, 2.24) is 4.98 Å². The summed E-state index contributed by atoms with van der Waals surface area (Å²) in [6.07, 6.45) is 0. The first-order valence-corrected chi connectivity index (χ1v) is 6.25. The van der Waals surface area contributed by atoms with Gasteiger partial charge < -0.3 is 10.6 Å². The van der Waals surface area contributed by atoms with Crippen LogP contribution in [0.4, 0.5) is 28.9 Å².